The normalized spacial score (nSPS) is 15.8. The SMILES string of the molecule is O=C(CCCCCN1C(=O)c2cccc([N+](=O)[O-])c2C1=O)Nc1ccc(CN2CCOCC2)cc1. The molecule has 2 aliphatic rings. The van der Waals surface area contributed by atoms with Gasteiger partial charge in [0.2, 0.25) is 5.91 Å². The number of imide groups is 1. The Morgan fingerprint density at radius 2 is 1.74 bits per heavy atom. The van der Waals surface area contributed by atoms with Gasteiger partial charge in [0.15, 0.2) is 0 Å². The largest absolute Gasteiger partial charge is 0.379 e. The first-order chi connectivity index (χ1) is 16.9. The summed E-state index contributed by atoms with van der Waals surface area (Å²) < 4.78 is 5.36. The predicted octanol–water partition coefficient (Wildman–Crippen LogP) is 3.22. The molecule has 0 spiro atoms. The number of nitrogens with one attached hydrogen (secondary N) is 1. The summed E-state index contributed by atoms with van der Waals surface area (Å²) in [4.78, 5) is 51.3. The number of nitro groups is 1. The number of benzene rings is 2. The lowest BCUT2D eigenvalue weighted by molar-refractivity contribution is -0.385. The smallest absolute Gasteiger partial charge is 0.282 e. The number of nitrogens with zero attached hydrogens (tertiary/aromatic N) is 3. The van der Waals surface area contributed by atoms with Gasteiger partial charge in [0.05, 0.1) is 23.7 Å². The van der Waals surface area contributed by atoms with Gasteiger partial charge in [-0.05, 0) is 36.6 Å². The van der Waals surface area contributed by atoms with Crippen LogP contribution in [-0.4, -0.2) is 65.3 Å². The van der Waals surface area contributed by atoms with Crippen molar-refractivity contribution in [2.24, 2.45) is 0 Å². The third kappa shape index (κ3) is 5.90. The molecule has 2 aromatic carbocycles. The van der Waals surface area contributed by atoms with E-state index >= 15 is 0 Å². The molecule has 10 nitrogen and oxygen atoms in total. The summed E-state index contributed by atoms with van der Waals surface area (Å²) in [6, 6.07) is 11.9. The molecule has 0 aliphatic carbocycles. The van der Waals surface area contributed by atoms with E-state index in [2.05, 4.69) is 10.2 Å². The molecule has 2 heterocycles. The lowest BCUT2D eigenvalue weighted by Crippen LogP contribution is -2.35. The van der Waals surface area contributed by atoms with Gasteiger partial charge < -0.3 is 10.1 Å². The van der Waals surface area contributed by atoms with Crippen molar-refractivity contribution in [1.29, 1.82) is 0 Å². The number of fused-ring (bicyclic) bond motifs is 1. The Balaban J connectivity index is 1.17. The van der Waals surface area contributed by atoms with Crippen LogP contribution in [-0.2, 0) is 16.1 Å². The quantitative estimate of drug-likeness (QED) is 0.240. The van der Waals surface area contributed by atoms with Crippen molar-refractivity contribution >= 4 is 29.1 Å². The van der Waals surface area contributed by atoms with E-state index in [4.69, 9.17) is 4.74 Å². The number of nitro benzene ring substituents is 1. The van der Waals surface area contributed by atoms with Crippen LogP contribution in [0, 0.1) is 10.1 Å². The molecule has 4 rings (SSSR count). The third-order valence-corrected chi connectivity index (χ3v) is 6.21. The minimum Gasteiger partial charge on any atom is -0.379 e. The zero-order chi connectivity index (χ0) is 24.8. The van der Waals surface area contributed by atoms with Crippen LogP contribution in [0.1, 0.15) is 52.0 Å². The Kier molecular flexibility index (Phi) is 7.84. The number of anilines is 1. The number of morpholine rings is 1. The molecule has 184 valence electrons. The number of hydrogen-bond donors (Lipinski definition) is 1. The summed E-state index contributed by atoms with van der Waals surface area (Å²) in [6.45, 7) is 4.38. The van der Waals surface area contributed by atoms with E-state index in [1.807, 2.05) is 24.3 Å². The molecule has 0 aromatic heterocycles. The van der Waals surface area contributed by atoms with E-state index < -0.39 is 16.7 Å². The topological polar surface area (TPSA) is 122 Å². The van der Waals surface area contributed by atoms with E-state index in [-0.39, 0.29) is 29.3 Å². The van der Waals surface area contributed by atoms with Crippen LogP contribution in [0.15, 0.2) is 42.5 Å². The Morgan fingerprint density at radius 1 is 1.00 bits per heavy atom. The summed E-state index contributed by atoms with van der Waals surface area (Å²) in [5.41, 5.74) is 1.50. The molecular formula is C25H28N4O6. The average molecular weight is 481 g/mol. The van der Waals surface area contributed by atoms with Gasteiger partial charge in [0.1, 0.15) is 5.56 Å². The molecule has 1 fully saturated rings. The van der Waals surface area contributed by atoms with Gasteiger partial charge >= 0.3 is 0 Å². The molecule has 0 unspecified atom stereocenters. The number of ether oxygens (including phenoxy) is 1. The fourth-order valence-electron chi connectivity index (χ4n) is 4.34. The maximum absolute atomic E-state index is 12.6. The number of hydrogen-bond acceptors (Lipinski definition) is 7. The van der Waals surface area contributed by atoms with Crippen molar-refractivity contribution in [2.45, 2.75) is 32.2 Å². The Morgan fingerprint density at radius 3 is 2.46 bits per heavy atom. The Bertz CT molecular complexity index is 1110. The molecule has 35 heavy (non-hydrogen) atoms. The zero-order valence-corrected chi connectivity index (χ0v) is 19.4. The highest BCUT2D eigenvalue weighted by molar-refractivity contribution is 6.23. The third-order valence-electron chi connectivity index (χ3n) is 6.21. The first-order valence-electron chi connectivity index (χ1n) is 11.8. The van der Waals surface area contributed by atoms with Gasteiger partial charge in [0, 0.05) is 44.4 Å². The first-order valence-corrected chi connectivity index (χ1v) is 11.8. The maximum atomic E-state index is 12.6. The number of carbonyl (C=O) groups excluding carboxylic acids is 3. The summed E-state index contributed by atoms with van der Waals surface area (Å²) in [6.07, 6.45) is 2.08. The molecule has 2 aromatic rings. The Labute approximate surface area is 203 Å². The molecule has 0 bridgehead atoms. The van der Waals surface area contributed by atoms with Crippen LogP contribution in [0.4, 0.5) is 11.4 Å². The molecule has 0 saturated carbocycles. The standard InChI is InChI=1S/C25H28N4O6/c30-22(26-19-10-8-18(9-11-19)17-27-13-15-35-16-14-27)7-2-1-3-12-28-24(31)20-5-4-6-21(29(33)34)23(20)25(28)32/h4-6,8-11H,1-3,7,12-17H2,(H,26,30). The fourth-order valence-corrected chi connectivity index (χ4v) is 4.34. The van der Waals surface area contributed by atoms with Crippen LogP contribution in [0.5, 0.6) is 0 Å². The highest BCUT2D eigenvalue weighted by atomic mass is 16.6. The Hall–Kier alpha value is -3.63. The van der Waals surface area contributed by atoms with Crippen molar-refractivity contribution in [3.8, 4) is 0 Å². The molecule has 0 radical (unpaired) electrons. The van der Waals surface area contributed by atoms with Gasteiger partial charge in [-0.2, -0.15) is 0 Å². The van der Waals surface area contributed by atoms with E-state index in [1.54, 1.807) is 0 Å². The summed E-state index contributed by atoms with van der Waals surface area (Å²) in [5, 5.41) is 14.1. The van der Waals surface area contributed by atoms with Crippen LogP contribution in [0.3, 0.4) is 0 Å². The molecule has 2 aliphatic heterocycles. The molecule has 1 saturated heterocycles. The summed E-state index contributed by atoms with van der Waals surface area (Å²) in [5.74, 6) is -1.24. The van der Waals surface area contributed by atoms with Crippen molar-refractivity contribution < 1.29 is 24.0 Å². The van der Waals surface area contributed by atoms with Crippen molar-refractivity contribution in [1.82, 2.24) is 9.80 Å². The van der Waals surface area contributed by atoms with Crippen LogP contribution in [0.2, 0.25) is 0 Å². The van der Waals surface area contributed by atoms with Gasteiger partial charge in [-0.3, -0.25) is 34.3 Å². The average Bonchev–Trinajstić information content (AvgIpc) is 3.10. The highest BCUT2D eigenvalue weighted by Gasteiger charge is 2.40. The van der Waals surface area contributed by atoms with Crippen LogP contribution >= 0.6 is 0 Å². The molecule has 3 amide bonds. The van der Waals surface area contributed by atoms with Gasteiger partial charge in [0.25, 0.3) is 17.5 Å². The number of carbonyl (C=O) groups is 3. The second kappa shape index (κ2) is 11.2. The summed E-state index contributed by atoms with van der Waals surface area (Å²) >= 11 is 0. The number of unbranched alkanes of at least 4 members (excludes halogenated alkanes) is 2. The van der Waals surface area contributed by atoms with Crippen LogP contribution in [0.25, 0.3) is 0 Å². The zero-order valence-electron chi connectivity index (χ0n) is 19.4. The second-order valence-corrected chi connectivity index (χ2v) is 8.66. The minimum absolute atomic E-state index is 0.0690. The van der Waals surface area contributed by atoms with Gasteiger partial charge in [-0.25, -0.2) is 0 Å². The lowest BCUT2D eigenvalue weighted by Gasteiger charge is -2.26. The monoisotopic (exact) mass is 480 g/mol. The minimum atomic E-state index is -0.649. The van der Waals surface area contributed by atoms with Gasteiger partial charge in [-0.15, -0.1) is 0 Å². The maximum Gasteiger partial charge on any atom is 0.282 e. The van der Waals surface area contributed by atoms with E-state index in [0.717, 1.165) is 43.4 Å². The fraction of sp³-hybridized carbons (Fsp3) is 0.400. The number of rotatable bonds is 10. The second-order valence-electron chi connectivity index (χ2n) is 8.66. The molecule has 10 heteroatoms. The predicted molar refractivity (Wildman–Crippen MR) is 128 cm³/mol. The first kappa shape index (κ1) is 24.5. The molecule has 1 N–H and O–H groups in total. The summed E-state index contributed by atoms with van der Waals surface area (Å²) in [7, 11) is 0. The highest BCUT2D eigenvalue weighted by Crippen LogP contribution is 2.30. The molecular weight excluding hydrogens is 452 g/mol. The lowest BCUT2D eigenvalue weighted by atomic mass is 10.1. The van der Waals surface area contributed by atoms with Crippen molar-refractivity contribution in [3.05, 3.63) is 69.3 Å². The van der Waals surface area contributed by atoms with Crippen LogP contribution < -0.4 is 5.32 Å². The van der Waals surface area contributed by atoms with E-state index in [0.29, 0.717) is 25.7 Å². The van der Waals surface area contributed by atoms with E-state index in [9.17, 15) is 24.5 Å². The van der Waals surface area contributed by atoms with Crippen molar-refractivity contribution in [2.75, 3.05) is 38.2 Å². The van der Waals surface area contributed by atoms with E-state index in [1.165, 1.54) is 23.8 Å². The van der Waals surface area contributed by atoms with Gasteiger partial charge in [-0.1, -0.05) is 24.6 Å². The number of amides is 3. The van der Waals surface area contributed by atoms with Crippen molar-refractivity contribution in [3.63, 3.8) is 0 Å². The molecule has 0 atom stereocenters.